The Hall–Kier alpha value is -1.75. The molecule has 0 aliphatic heterocycles. The number of methoxy groups -OCH3 is 2. The van der Waals surface area contributed by atoms with Crippen LogP contribution in [0.5, 0.6) is 11.5 Å². The zero-order valence-corrected chi connectivity index (χ0v) is 10.9. The van der Waals surface area contributed by atoms with E-state index in [0.29, 0.717) is 17.2 Å². The number of carbonyl (C=O) groups is 1. The van der Waals surface area contributed by atoms with E-state index in [1.165, 1.54) is 0 Å². The fourth-order valence-corrected chi connectivity index (χ4v) is 1.76. The average Bonchev–Trinajstić information content (AvgIpc) is 3.10. The summed E-state index contributed by atoms with van der Waals surface area (Å²) in [4.78, 5) is 11.9. The Morgan fingerprint density at radius 3 is 2.50 bits per heavy atom. The number of benzene rings is 1. The molecule has 5 heteroatoms. The molecule has 1 saturated carbocycles. The predicted octanol–water partition coefficient (Wildman–Crippen LogP) is 1.44. The number of amides is 1. The Balaban J connectivity index is 2.29. The topological polar surface area (TPSA) is 73.6 Å². The summed E-state index contributed by atoms with van der Waals surface area (Å²) in [5, 5.41) is 2.84. The zero-order chi connectivity index (χ0) is 13.3. The molecule has 1 aromatic rings. The third kappa shape index (κ3) is 2.26. The summed E-state index contributed by atoms with van der Waals surface area (Å²) in [5.74, 6) is 1.11. The number of nitrogens with one attached hydrogen (secondary N) is 1. The van der Waals surface area contributed by atoms with Crippen molar-refractivity contribution in [1.29, 1.82) is 0 Å². The van der Waals surface area contributed by atoms with Gasteiger partial charge in [0, 0.05) is 6.07 Å². The van der Waals surface area contributed by atoms with Gasteiger partial charge in [0.25, 0.3) is 0 Å². The van der Waals surface area contributed by atoms with Gasteiger partial charge in [-0.25, -0.2) is 0 Å². The van der Waals surface area contributed by atoms with Crippen LogP contribution >= 0.6 is 0 Å². The molecule has 5 nitrogen and oxygen atoms in total. The fourth-order valence-electron chi connectivity index (χ4n) is 1.76. The number of hydrogen-bond acceptors (Lipinski definition) is 4. The van der Waals surface area contributed by atoms with Crippen LogP contribution in [0, 0.1) is 6.92 Å². The van der Waals surface area contributed by atoms with Crippen LogP contribution in [-0.4, -0.2) is 25.7 Å². The number of hydrogen-bond donors (Lipinski definition) is 2. The first kappa shape index (κ1) is 12.7. The SMILES string of the molecule is COc1cc(C)c(NC(=O)C2(N)CC2)c(OC)c1. The lowest BCUT2D eigenvalue weighted by Gasteiger charge is -2.16. The molecule has 0 radical (unpaired) electrons. The van der Waals surface area contributed by atoms with E-state index >= 15 is 0 Å². The highest BCUT2D eigenvalue weighted by atomic mass is 16.5. The van der Waals surface area contributed by atoms with Gasteiger partial charge < -0.3 is 20.5 Å². The first-order chi connectivity index (χ1) is 8.50. The molecule has 2 rings (SSSR count). The van der Waals surface area contributed by atoms with Crippen LogP contribution in [0.3, 0.4) is 0 Å². The van der Waals surface area contributed by atoms with Gasteiger partial charge in [-0.2, -0.15) is 0 Å². The van der Waals surface area contributed by atoms with Crippen LogP contribution in [0.25, 0.3) is 0 Å². The van der Waals surface area contributed by atoms with Crippen LogP contribution < -0.4 is 20.5 Å². The van der Waals surface area contributed by atoms with E-state index < -0.39 is 5.54 Å². The lowest BCUT2D eigenvalue weighted by atomic mass is 10.1. The number of rotatable bonds is 4. The second-order valence-corrected chi connectivity index (χ2v) is 4.63. The lowest BCUT2D eigenvalue weighted by Crippen LogP contribution is -2.38. The van der Waals surface area contributed by atoms with Crippen molar-refractivity contribution < 1.29 is 14.3 Å². The van der Waals surface area contributed by atoms with Crippen molar-refractivity contribution in [3.63, 3.8) is 0 Å². The van der Waals surface area contributed by atoms with Crippen molar-refractivity contribution in [3.8, 4) is 11.5 Å². The second kappa shape index (κ2) is 4.49. The van der Waals surface area contributed by atoms with E-state index in [-0.39, 0.29) is 5.91 Å². The van der Waals surface area contributed by atoms with Crippen LogP contribution in [0.4, 0.5) is 5.69 Å². The molecule has 1 fully saturated rings. The zero-order valence-electron chi connectivity index (χ0n) is 10.9. The molecule has 0 spiro atoms. The largest absolute Gasteiger partial charge is 0.497 e. The van der Waals surface area contributed by atoms with E-state index in [2.05, 4.69) is 5.32 Å². The van der Waals surface area contributed by atoms with Gasteiger partial charge in [-0.05, 0) is 31.4 Å². The lowest BCUT2D eigenvalue weighted by molar-refractivity contribution is -0.118. The molecule has 1 aliphatic rings. The van der Waals surface area contributed by atoms with Crippen molar-refractivity contribution in [1.82, 2.24) is 0 Å². The first-order valence-electron chi connectivity index (χ1n) is 5.83. The van der Waals surface area contributed by atoms with E-state index in [0.717, 1.165) is 18.4 Å². The van der Waals surface area contributed by atoms with E-state index in [4.69, 9.17) is 15.2 Å². The number of ether oxygens (including phenoxy) is 2. The fraction of sp³-hybridized carbons (Fsp3) is 0.462. The van der Waals surface area contributed by atoms with Gasteiger partial charge in [-0.3, -0.25) is 4.79 Å². The molecule has 1 aliphatic carbocycles. The minimum atomic E-state index is -0.697. The van der Waals surface area contributed by atoms with Crippen molar-refractivity contribution in [2.24, 2.45) is 5.73 Å². The van der Waals surface area contributed by atoms with Gasteiger partial charge in [-0.15, -0.1) is 0 Å². The summed E-state index contributed by atoms with van der Waals surface area (Å²) in [7, 11) is 3.14. The number of aryl methyl sites for hydroxylation is 1. The Morgan fingerprint density at radius 1 is 1.33 bits per heavy atom. The van der Waals surface area contributed by atoms with Gasteiger partial charge in [0.1, 0.15) is 11.5 Å². The first-order valence-corrected chi connectivity index (χ1v) is 5.83. The highest BCUT2D eigenvalue weighted by molar-refractivity contribution is 6.01. The minimum Gasteiger partial charge on any atom is -0.497 e. The maximum absolute atomic E-state index is 11.9. The molecule has 3 N–H and O–H groups in total. The highest BCUT2D eigenvalue weighted by Crippen LogP contribution is 2.37. The average molecular weight is 250 g/mol. The Kier molecular flexibility index (Phi) is 3.17. The van der Waals surface area contributed by atoms with Crippen LogP contribution in [-0.2, 0) is 4.79 Å². The van der Waals surface area contributed by atoms with Crippen LogP contribution in [0.2, 0.25) is 0 Å². The quantitative estimate of drug-likeness (QED) is 0.848. The van der Waals surface area contributed by atoms with Crippen LogP contribution in [0.1, 0.15) is 18.4 Å². The van der Waals surface area contributed by atoms with Gasteiger partial charge in [0.2, 0.25) is 5.91 Å². The Bertz CT molecular complexity index is 481. The Labute approximate surface area is 106 Å². The molecule has 0 aromatic heterocycles. The maximum atomic E-state index is 11.9. The van der Waals surface area contributed by atoms with Gasteiger partial charge in [0.15, 0.2) is 0 Å². The molecular weight excluding hydrogens is 232 g/mol. The third-order valence-corrected chi connectivity index (χ3v) is 3.21. The Morgan fingerprint density at radius 2 is 2.00 bits per heavy atom. The molecule has 0 bridgehead atoms. The standard InChI is InChI=1S/C13H18N2O3/c1-8-6-9(17-2)7-10(18-3)11(8)15-12(16)13(14)4-5-13/h6-7H,4-5,14H2,1-3H3,(H,15,16). The summed E-state index contributed by atoms with van der Waals surface area (Å²) in [6.07, 6.45) is 1.46. The molecule has 0 atom stereocenters. The van der Waals surface area contributed by atoms with Gasteiger partial charge >= 0.3 is 0 Å². The van der Waals surface area contributed by atoms with Gasteiger partial charge in [-0.1, -0.05) is 0 Å². The predicted molar refractivity (Wildman–Crippen MR) is 69.1 cm³/mol. The molecule has 18 heavy (non-hydrogen) atoms. The summed E-state index contributed by atoms with van der Waals surface area (Å²) in [5.41, 5.74) is 6.69. The summed E-state index contributed by atoms with van der Waals surface area (Å²) >= 11 is 0. The van der Waals surface area contributed by atoms with E-state index in [1.807, 2.05) is 13.0 Å². The minimum absolute atomic E-state index is 0.158. The molecule has 1 aromatic carbocycles. The van der Waals surface area contributed by atoms with Crippen LogP contribution in [0.15, 0.2) is 12.1 Å². The van der Waals surface area contributed by atoms with Crippen molar-refractivity contribution in [2.75, 3.05) is 19.5 Å². The van der Waals surface area contributed by atoms with E-state index in [1.54, 1.807) is 20.3 Å². The number of carbonyl (C=O) groups excluding carboxylic acids is 1. The number of nitrogens with two attached hydrogens (primary N) is 1. The molecule has 0 heterocycles. The smallest absolute Gasteiger partial charge is 0.244 e. The summed E-state index contributed by atoms with van der Waals surface area (Å²) in [6, 6.07) is 3.58. The maximum Gasteiger partial charge on any atom is 0.244 e. The normalized spacial score (nSPS) is 16.0. The monoisotopic (exact) mass is 250 g/mol. The van der Waals surface area contributed by atoms with Crippen molar-refractivity contribution in [3.05, 3.63) is 17.7 Å². The van der Waals surface area contributed by atoms with E-state index in [9.17, 15) is 4.79 Å². The van der Waals surface area contributed by atoms with Crippen molar-refractivity contribution >= 4 is 11.6 Å². The molecule has 98 valence electrons. The third-order valence-electron chi connectivity index (χ3n) is 3.21. The molecule has 0 unspecified atom stereocenters. The second-order valence-electron chi connectivity index (χ2n) is 4.63. The molecular formula is C13H18N2O3. The highest BCUT2D eigenvalue weighted by Gasteiger charge is 2.46. The summed E-state index contributed by atoms with van der Waals surface area (Å²) < 4.78 is 10.4. The number of anilines is 1. The molecule has 0 saturated heterocycles. The van der Waals surface area contributed by atoms with Crippen molar-refractivity contribution in [2.45, 2.75) is 25.3 Å². The molecule has 1 amide bonds. The summed E-state index contributed by atoms with van der Waals surface area (Å²) in [6.45, 7) is 1.89. The van der Waals surface area contributed by atoms with Gasteiger partial charge in [0.05, 0.1) is 25.4 Å².